The molecular weight excluding hydrogens is 208 g/mol. The summed E-state index contributed by atoms with van der Waals surface area (Å²) < 4.78 is 0. The lowest BCUT2D eigenvalue weighted by Gasteiger charge is -2.17. The van der Waals surface area contributed by atoms with E-state index in [0.29, 0.717) is 11.4 Å². The molecule has 88 valence electrons. The molecule has 0 aliphatic heterocycles. The molecule has 1 aromatic heterocycles. The molecule has 16 heavy (non-hydrogen) atoms. The smallest absolute Gasteiger partial charge is 0.290 e. The van der Waals surface area contributed by atoms with Crippen molar-refractivity contribution in [2.75, 3.05) is 0 Å². The van der Waals surface area contributed by atoms with Crippen LogP contribution >= 0.6 is 0 Å². The maximum atomic E-state index is 10.6. The van der Waals surface area contributed by atoms with Gasteiger partial charge >= 0.3 is 0 Å². The summed E-state index contributed by atoms with van der Waals surface area (Å²) in [5.74, 6) is -0.0699. The normalized spacial score (nSPS) is 14.5. The summed E-state index contributed by atoms with van der Waals surface area (Å²) in [5.41, 5.74) is 1.12. The first kappa shape index (κ1) is 12.6. The molecule has 0 aliphatic carbocycles. The number of aromatic nitrogens is 1. The Labute approximate surface area is 94.3 Å². The summed E-state index contributed by atoms with van der Waals surface area (Å²) in [6.45, 7) is 5.26. The summed E-state index contributed by atoms with van der Waals surface area (Å²) in [5, 5.41) is 20.2. The number of rotatable bonds is 4. The van der Waals surface area contributed by atoms with Crippen LogP contribution in [0.1, 0.15) is 37.6 Å². The van der Waals surface area contributed by atoms with Crippen molar-refractivity contribution in [1.82, 2.24) is 4.98 Å². The van der Waals surface area contributed by atoms with Gasteiger partial charge in [0.1, 0.15) is 5.69 Å². The van der Waals surface area contributed by atoms with Gasteiger partial charge in [0, 0.05) is 17.7 Å². The Morgan fingerprint density at radius 2 is 2.19 bits per heavy atom. The van der Waals surface area contributed by atoms with Crippen LogP contribution in [-0.2, 0) is 0 Å². The molecule has 1 heterocycles. The highest BCUT2D eigenvalue weighted by Gasteiger charge is 2.19. The Morgan fingerprint density at radius 1 is 1.56 bits per heavy atom. The van der Waals surface area contributed by atoms with E-state index >= 15 is 0 Å². The topological polar surface area (TPSA) is 76.3 Å². The molecule has 5 heteroatoms. The van der Waals surface area contributed by atoms with Crippen molar-refractivity contribution in [3.05, 3.63) is 33.6 Å². The monoisotopic (exact) mass is 224 g/mol. The van der Waals surface area contributed by atoms with Crippen LogP contribution < -0.4 is 0 Å². The Bertz CT molecular complexity index is 391. The second-order valence-electron chi connectivity index (χ2n) is 3.85. The van der Waals surface area contributed by atoms with E-state index in [0.717, 1.165) is 6.42 Å². The Hall–Kier alpha value is -1.49. The first-order valence-corrected chi connectivity index (χ1v) is 5.27. The highest BCUT2D eigenvalue weighted by molar-refractivity contribution is 5.36. The number of hydrogen-bond acceptors (Lipinski definition) is 4. The molecule has 0 fully saturated rings. The van der Waals surface area contributed by atoms with Crippen LogP contribution in [0.25, 0.3) is 0 Å². The minimum atomic E-state index is -0.502. The molecule has 1 aromatic rings. The first-order chi connectivity index (χ1) is 7.47. The predicted molar refractivity (Wildman–Crippen MR) is 60.3 cm³/mol. The van der Waals surface area contributed by atoms with E-state index in [1.165, 1.54) is 6.07 Å². The van der Waals surface area contributed by atoms with Crippen LogP contribution in [-0.4, -0.2) is 21.1 Å². The lowest BCUT2D eigenvalue weighted by molar-refractivity contribution is -0.385. The standard InChI is InChI=1S/C11H16N2O3/c1-4-9(8(3)14)10-5-6-11(13(15)16)7(2)12-10/h5-6,8-9,14H,4H2,1-3H3. The Kier molecular flexibility index (Phi) is 3.95. The SMILES string of the molecule is CCC(c1ccc([N+](=O)[O-])c(C)n1)C(C)O. The lowest BCUT2D eigenvalue weighted by atomic mass is 9.96. The number of aliphatic hydroxyl groups excluding tert-OH is 1. The van der Waals surface area contributed by atoms with Gasteiger partial charge in [0.15, 0.2) is 0 Å². The van der Waals surface area contributed by atoms with Crippen molar-refractivity contribution in [2.24, 2.45) is 0 Å². The van der Waals surface area contributed by atoms with Crippen LogP contribution in [0.5, 0.6) is 0 Å². The minimum Gasteiger partial charge on any atom is -0.393 e. The van der Waals surface area contributed by atoms with Crippen LogP contribution in [0.15, 0.2) is 12.1 Å². The average molecular weight is 224 g/mol. The third-order valence-electron chi connectivity index (χ3n) is 2.68. The number of hydrogen-bond donors (Lipinski definition) is 1. The molecule has 0 amide bonds. The number of pyridine rings is 1. The van der Waals surface area contributed by atoms with Crippen molar-refractivity contribution in [2.45, 2.75) is 39.2 Å². The van der Waals surface area contributed by atoms with Gasteiger partial charge in [-0.3, -0.25) is 15.1 Å². The van der Waals surface area contributed by atoms with Gasteiger partial charge < -0.3 is 5.11 Å². The second-order valence-corrected chi connectivity index (χ2v) is 3.85. The van der Waals surface area contributed by atoms with Gasteiger partial charge in [-0.2, -0.15) is 0 Å². The summed E-state index contributed by atoms with van der Waals surface area (Å²) >= 11 is 0. The van der Waals surface area contributed by atoms with Gasteiger partial charge in [-0.05, 0) is 26.3 Å². The van der Waals surface area contributed by atoms with Gasteiger partial charge in [-0.15, -0.1) is 0 Å². The van der Waals surface area contributed by atoms with E-state index in [4.69, 9.17) is 0 Å². The number of aliphatic hydroxyl groups is 1. The summed E-state index contributed by atoms with van der Waals surface area (Å²) in [6.07, 6.45) is 0.250. The fraction of sp³-hybridized carbons (Fsp3) is 0.545. The maximum absolute atomic E-state index is 10.6. The predicted octanol–water partition coefficient (Wildman–Crippen LogP) is 2.17. The second kappa shape index (κ2) is 5.03. The summed E-state index contributed by atoms with van der Waals surface area (Å²) in [6, 6.07) is 3.06. The van der Waals surface area contributed by atoms with E-state index in [9.17, 15) is 15.2 Å². The van der Waals surface area contributed by atoms with Crippen LogP contribution in [0.2, 0.25) is 0 Å². The fourth-order valence-electron chi connectivity index (χ4n) is 1.77. The maximum Gasteiger partial charge on any atom is 0.290 e. The number of aryl methyl sites for hydroxylation is 1. The molecule has 1 N–H and O–H groups in total. The van der Waals surface area contributed by atoms with E-state index < -0.39 is 11.0 Å². The third kappa shape index (κ3) is 2.55. The van der Waals surface area contributed by atoms with Crippen LogP contribution in [0.3, 0.4) is 0 Å². The van der Waals surface area contributed by atoms with E-state index in [2.05, 4.69) is 4.98 Å². The molecule has 1 rings (SSSR count). The van der Waals surface area contributed by atoms with Gasteiger partial charge in [0.05, 0.1) is 11.0 Å². The Balaban J connectivity index is 3.09. The molecule has 0 saturated carbocycles. The van der Waals surface area contributed by atoms with Crippen molar-refractivity contribution >= 4 is 5.69 Å². The molecule has 0 aromatic carbocycles. The van der Waals surface area contributed by atoms with Crippen LogP contribution in [0.4, 0.5) is 5.69 Å². The summed E-state index contributed by atoms with van der Waals surface area (Å²) in [4.78, 5) is 14.4. The van der Waals surface area contributed by atoms with Gasteiger partial charge in [0.2, 0.25) is 0 Å². The molecule has 2 unspecified atom stereocenters. The quantitative estimate of drug-likeness (QED) is 0.628. The fourth-order valence-corrected chi connectivity index (χ4v) is 1.77. The van der Waals surface area contributed by atoms with E-state index in [-0.39, 0.29) is 11.6 Å². The molecule has 0 saturated heterocycles. The lowest BCUT2D eigenvalue weighted by Crippen LogP contribution is -2.15. The number of nitrogens with zero attached hydrogens (tertiary/aromatic N) is 2. The third-order valence-corrected chi connectivity index (χ3v) is 2.68. The molecular formula is C11H16N2O3. The van der Waals surface area contributed by atoms with Crippen molar-refractivity contribution in [3.63, 3.8) is 0 Å². The molecule has 5 nitrogen and oxygen atoms in total. The molecule has 0 radical (unpaired) electrons. The highest BCUT2D eigenvalue weighted by Crippen LogP contribution is 2.24. The van der Waals surface area contributed by atoms with Gasteiger partial charge in [-0.1, -0.05) is 6.92 Å². The average Bonchev–Trinajstić information content (AvgIpc) is 2.17. The van der Waals surface area contributed by atoms with Gasteiger partial charge in [-0.25, -0.2) is 0 Å². The first-order valence-electron chi connectivity index (χ1n) is 5.27. The zero-order chi connectivity index (χ0) is 12.3. The zero-order valence-electron chi connectivity index (χ0n) is 9.67. The highest BCUT2D eigenvalue weighted by atomic mass is 16.6. The van der Waals surface area contributed by atoms with Crippen LogP contribution in [0, 0.1) is 17.0 Å². The molecule has 2 atom stereocenters. The van der Waals surface area contributed by atoms with Crippen molar-refractivity contribution < 1.29 is 10.0 Å². The van der Waals surface area contributed by atoms with E-state index in [1.54, 1.807) is 19.9 Å². The molecule has 0 bridgehead atoms. The molecule has 0 aliphatic rings. The molecule has 0 spiro atoms. The zero-order valence-corrected chi connectivity index (χ0v) is 9.67. The van der Waals surface area contributed by atoms with E-state index in [1.807, 2.05) is 6.92 Å². The van der Waals surface area contributed by atoms with Gasteiger partial charge in [0.25, 0.3) is 5.69 Å². The van der Waals surface area contributed by atoms with Crippen molar-refractivity contribution in [1.29, 1.82) is 0 Å². The minimum absolute atomic E-state index is 0.0178. The van der Waals surface area contributed by atoms with Crippen molar-refractivity contribution in [3.8, 4) is 0 Å². The summed E-state index contributed by atoms with van der Waals surface area (Å²) in [7, 11) is 0. The Morgan fingerprint density at radius 3 is 2.56 bits per heavy atom. The number of nitro groups is 1. The largest absolute Gasteiger partial charge is 0.393 e.